The van der Waals surface area contributed by atoms with Crippen LogP contribution in [0.25, 0.3) is 0 Å². The third-order valence-corrected chi connectivity index (χ3v) is 3.48. The predicted octanol–water partition coefficient (Wildman–Crippen LogP) is 1.15. The number of carbonyl (C=O) groups is 2. The molecule has 5 nitrogen and oxygen atoms in total. The highest BCUT2D eigenvalue weighted by Gasteiger charge is 2.56. The first-order valence-electron chi connectivity index (χ1n) is 5.63. The van der Waals surface area contributed by atoms with Crippen LogP contribution in [0.3, 0.4) is 0 Å². The minimum absolute atomic E-state index is 0.0483. The van der Waals surface area contributed by atoms with Crippen molar-refractivity contribution in [3.05, 3.63) is 0 Å². The van der Waals surface area contributed by atoms with Crippen molar-refractivity contribution in [3.63, 3.8) is 0 Å². The molecule has 0 spiro atoms. The van der Waals surface area contributed by atoms with Gasteiger partial charge in [-0.3, -0.25) is 4.79 Å². The molecule has 0 aromatic heterocycles. The highest BCUT2D eigenvalue weighted by Crippen LogP contribution is 2.51. The molecule has 0 aromatic carbocycles. The van der Waals surface area contributed by atoms with E-state index >= 15 is 0 Å². The van der Waals surface area contributed by atoms with E-state index in [1.165, 1.54) is 14.0 Å². The second kappa shape index (κ2) is 5.60. The maximum atomic E-state index is 11.6. The molecule has 0 amide bonds. The van der Waals surface area contributed by atoms with Gasteiger partial charge in [-0.15, -0.1) is 0 Å². The molecule has 0 unspecified atom stereocenters. The topological polar surface area (TPSA) is 61.8 Å². The van der Waals surface area contributed by atoms with Crippen LogP contribution in [0.4, 0.5) is 0 Å². The number of hydrogen-bond acceptors (Lipinski definition) is 5. The molecule has 0 bridgehead atoms. The first-order valence-corrected chi connectivity index (χ1v) is 5.63. The summed E-state index contributed by atoms with van der Waals surface area (Å²) in [7, 11) is 2.90. The summed E-state index contributed by atoms with van der Waals surface area (Å²) >= 11 is 0. The summed E-state index contributed by atoms with van der Waals surface area (Å²) in [5.74, 6) is -0.489. The van der Waals surface area contributed by atoms with Crippen molar-refractivity contribution < 1.29 is 23.8 Å². The second-order valence-corrected chi connectivity index (χ2v) is 4.76. The molecule has 0 radical (unpaired) electrons. The van der Waals surface area contributed by atoms with Crippen molar-refractivity contribution in [2.24, 2.45) is 11.3 Å². The Morgan fingerprint density at radius 3 is 2.47 bits per heavy atom. The molecule has 0 aromatic rings. The van der Waals surface area contributed by atoms with Crippen LogP contribution in [0.5, 0.6) is 0 Å². The number of ketones is 1. The molecule has 1 fully saturated rings. The van der Waals surface area contributed by atoms with Crippen LogP contribution in [0.15, 0.2) is 0 Å². The van der Waals surface area contributed by atoms with Crippen LogP contribution >= 0.6 is 0 Å². The Morgan fingerprint density at radius 1 is 1.35 bits per heavy atom. The summed E-state index contributed by atoms with van der Waals surface area (Å²) in [6.45, 7) is 3.58. The van der Waals surface area contributed by atoms with E-state index in [0.29, 0.717) is 12.8 Å². The molecule has 0 N–H and O–H groups in total. The molecule has 5 heteroatoms. The van der Waals surface area contributed by atoms with Crippen LogP contribution in [0.1, 0.15) is 26.7 Å². The van der Waals surface area contributed by atoms with Crippen molar-refractivity contribution in [2.75, 3.05) is 21.0 Å². The van der Waals surface area contributed by atoms with Crippen molar-refractivity contribution in [2.45, 2.75) is 32.8 Å². The largest absolute Gasteiger partial charge is 0.469 e. The lowest BCUT2D eigenvalue weighted by Crippen LogP contribution is -2.56. The van der Waals surface area contributed by atoms with Gasteiger partial charge in [0.1, 0.15) is 12.6 Å². The Hall–Kier alpha value is -0.940. The van der Waals surface area contributed by atoms with E-state index in [0.717, 1.165) is 0 Å². The molecular formula is C12H20O5. The smallest absolute Gasteiger partial charge is 0.309 e. The van der Waals surface area contributed by atoms with E-state index in [1.807, 2.05) is 6.92 Å². The minimum atomic E-state index is -0.475. The third-order valence-electron chi connectivity index (χ3n) is 3.48. The number of rotatable bonds is 6. The Labute approximate surface area is 101 Å². The number of hydrogen-bond donors (Lipinski definition) is 0. The molecule has 98 valence electrons. The Bertz CT molecular complexity index is 301. The summed E-state index contributed by atoms with van der Waals surface area (Å²) in [5, 5.41) is 0. The van der Waals surface area contributed by atoms with Crippen LogP contribution in [0.2, 0.25) is 0 Å². The van der Waals surface area contributed by atoms with Gasteiger partial charge < -0.3 is 19.0 Å². The second-order valence-electron chi connectivity index (χ2n) is 4.76. The maximum Gasteiger partial charge on any atom is 0.309 e. The van der Waals surface area contributed by atoms with Crippen molar-refractivity contribution >= 4 is 11.8 Å². The molecule has 0 heterocycles. The fourth-order valence-electron chi connectivity index (χ4n) is 2.51. The molecule has 0 aliphatic heterocycles. The Kier molecular flexibility index (Phi) is 4.65. The van der Waals surface area contributed by atoms with Crippen LogP contribution in [-0.4, -0.2) is 38.9 Å². The minimum Gasteiger partial charge on any atom is -0.469 e. The van der Waals surface area contributed by atoms with Gasteiger partial charge in [-0.05, 0) is 13.3 Å². The van der Waals surface area contributed by atoms with E-state index in [2.05, 4.69) is 0 Å². The predicted molar refractivity (Wildman–Crippen MR) is 60.3 cm³/mol. The molecule has 1 aliphatic carbocycles. The summed E-state index contributed by atoms with van der Waals surface area (Å²) in [6.07, 6.45) is 0.775. The zero-order chi connectivity index (χ0) is 13.1. The standard InChI is InChI=1S/C12H20O5/c1-8(13)6-12(2)9(11(14)16-4)5-10(12)17-7-15-3/h9-10H,5-7H2,1-4H3/t9-,10+,12-/m0/s1. The monoisotopic (exact) mass is 244 g/mol. The number of Topliss-reactive ketones (excluding diaryl/α,β-unsaturated/α-hetero) is 1. The van der Waals surface area contributed by atoms with E-state index in [1.54, 1.807) is 7.11 Å². The van der Waals surface area contributed by atoms with Gasteiger partial charge in [-0.1, -0.05) is 6.92 Å². The van der Waals surface area contributed by atoms with Gasteiger partial charge in [0.05, 0.1) is 19.1 Å². The first-order chi connectivity index (χ1) is 7.95. The Morgan fingerprint density at radius 2 is 2.00 bits per heavy atom. The lowest BCUT2D eigenvalue weighted by Gasteiger charge is -2.51. The first kappa shape index (κ1) is 14.1. The SMILES string of the molecule is COCO[C@@H]1C[C@@H](C(=O)OC)[C@]1(C)CC(C)=O. The summed E-state index contributed by atoms with van der Waals surface area (Å²) in [6, 6.07) is 0. The van der Waals surface area contributed by atoms with E-state index < -0.39 is 5.41 Å². The lowest BCUT2D eigenvalue weighted by molar-refractivity contribution is -0.206. The van der Waals surface area contributed by atoms with Crippen molar-refractivity contribution in [1.29, 1.82) is 0 Å². The van der Waals surface area contributed by atoms with E-state index in [9.17, 15) is 9.59 Å². The van der Waals surface area contributed by atoms with E-state index in [-0.39, 0.29) is 30.6 Å². The lowest BCUT2D eigenvalue weighted by atomic mass is 9.56. The van der Waals surface area contributed by atoms with Crippen LogP contribution < -0.4 is 0 Å². The summed E-state index contributed by atoms with van der Waals surface area (Å²) < 4.78 is 15.1. The average Bonchev–Trinajstić information content (AvgIpc) is 2.26. The number of methoxy groups -OCH3 is 2. The van der Waals surface area contributed by atoms with Gasteiger partial charge in [0.2, 0.25) is 0 Å². The van der Waals surface area contributed by atoms with E-state index in [4.69, 9.17) is 14.2 Å². The molecule has 1 saturated carbocycles. The fraction of sp³-hybridized carbons (Fsp3) is 0.833. The third kappa shape index (κ3) is 2.84. The molecule has 1 rings (SSSR count). The van der Waals surface area contributed by atoms with Gasteiger partial charge >= 0.3 is 5.97 Å². The van der Waals surface area contributed by atoms with Crippen molar-refractivity contribution in [3.8, 4) is 0 Å². The van der Waals surface area contributed by atoms with Gasteiger partial charge in [0.15, 0.2) is 0 Å². The van der Waals surface area contributed by atoms with Gasteiger partial charge in [-0.2, -0.15) is 0 Å². The number of esters is 1. The maximum absolute atomic E-state index is 11.6. The number of ether oxygens (including phenoxy) is 3. The number of carbonyl (C=O) groups excluding carboxylic acids is 2. The molecular weight excluding hydrogens is 224 g/mol. The summed E-state index contributed by atoms with van der Waals surface area (Å²) in [5.41, 5.74) is -0.475. The zero-order valence-electron chi connectivity index (χ0n) is 10.8. The van der Waals surface area contributed by atoms with Gasteiger partial charge in [0, 0.05) is 18.9 Å². The zero-order valence-corrected chi connectivity index (χ0v) is 10.8. The highest BCUT2D eigenvalue weighted by molar-refractivity contribution is 5.80. The molecule has 17 heavy (non-hydrogen) atoms. The summed E-state index contributed by atoms with van der Waals surface area (Å²) in [4.78, 5) is 22.9. The molecule has 0 saturated heterocycles. The fourth-order valence-corrected chi connectivity index (χ4v) is 2.51. The molecule has 1 aliphatic rings. The quantitative estimate of drug-likeness (QED) is 0.518. The normalized spacial score (nSPS) is 31.8. The van der Waals surface area contributed by atoms with Crippen molar-refractivity contribution in [1.82, 2.24) is 0 Å². The Balaban J connectivity index is 2.71. The average molecular weight is 244 g/mol. The van der Waals surface area contributed by atoms with Gasteiger partial charge in [-0.25, -0.2) is 0 Å². The van der Waals surface area contributed by atoms with Gasteiger partial charge in [0.25, 0.3) is 0 Å². The van der Waals surface area contributed by atoms with Crippen LogP contribution in [0, 0.1) is 11.3 Å². The highest BCUT2D eigenvalue weighted by atomic mass is 16.7. The van der Waals surface area contributed by atoms with Crippen LogP contribution in [-0.2, 0) is 23.8 Å². The molecule has 3 atom stereocenters.